The van der Waals surface area contributed by atoms with Crippen molar-refractivity contribution in [2.24, 2.45) is 5.92 Å². The van der Waals surface area contributed by atoms with Gasteiger partial charge in [0, 0.05) is 25.2 Å². The number of hydrogen-bond donors (Lipinski definition) is 1. The largest absolute Gasteiger partial charge is 0.468 e. The topological polar surface area (TPSA) is 41.6 Å². The van der Waals surface area contributed by atoms with E-state index in [4.69, 9.17) is 4.74 Å². The van der Waals surface area contributed by atoms with Crippen LogP contribution < -0.4 is 5.32 Å². The number of carbonyl (C=O) groups is 1. The molecule has 0 aromatic carbocycles. The van der Waals surface area contributed by atoms with E-state index in [0.717, 1.165) is 25.4 Å². The zero-order valence-electron chi connectivity index (χ0n) is 13.1. The van der Waals surface area contributed by atoms with Gasteiger partial charge in [-0.3, -0.25) is 4.79 Å². The van der Waals surface area contributed by atoms with E-state index in [2.05, 4.69) is 37.9 Å². The van der Waals surface area contributed by atoms with Crippen molar-refractivity contribution in [3.8, 4) is 0 Å². The molecule has 0 radical (unpaired) electrons. The van der Waals surface area contributed by atoms with Crippen LogP contribution in [0.2, 0.25) is 0 Å². The van der Waals surface area contributed by atoms with E-state index in [-0.39, 0.29) is 12.0 Å². The lowest BCUT2D eigenvalue weighted by molar-refractivity contribution is -0.143. The van der Waals surface area contributed by atoms with Gasteiger partial charge in [0.25, 0.3) is 0 Å². The molecule has 0 saturated carbocycles. The number of methoxy groups -OCH3 is 1. The molecule has 1 heterocycles. The Morgan fingerprint density at radius 2 is 2.05 bits per heavy atom. The molecule has 3 atom stereocenters. The average molecular weight is 270 g/mol. The highest BCUT2D eigenvalue weighted by molar-refractivity contribution is 5.75. The number of carbonyl (C=O) groups excluding carboxylic acids is 1. The number of hydrogen-bond acceptors (Lipinski definition) is 4. The molecule has 19 heavy (non-hydrogen) atoms. The maximum atomic E-state index is 11.8. The third-order valence-corrected chi connectivity index (χ3v) is 3.97. The molecule has 1 rings (SSSR count). The first-order valence-electron chi connectivity index (χ1n) is 7.52. The number of likely N-dealkylation sites (tertiary alicyclic amines) is 1. The van der Waals surface area contributed by atoms with Gasteiger partial charge in [0.2, 0.25) is 0 Å². The molecule has 0 aliphatic carbocycles. The average Bonchev–Trinajstić information content (AvgIpc) is 2.36. The van der Waals surface area contributed by atoms with Crippen LogP contribution in [0.4, 0.5) is 0 Å². The molecule has 1 fully saturated rings. The Kier molecular flexibility index (Phi) is 6.80. The third-order valence-electron chi connectivity index (χ3n) is 3.97. The Morgan fingerprint density at radius 1 is 1.37 bits per heavy atom. The molecule has 4 heteroatoms. The van der Waals surface area contributed by atoms with E-state index in [0.29, 0.717) is 12.1 Å². The number of ether oxygens (including phenoxy) is 1. The lowest BCUT2D eigenvalue weighted by Crippen LogP contribution is -2.47. The second-order valence-electron chi connectivity index (χ2n) is 6.21. The van der Waals surface area contributed by atoms with Gasteiger partial charge in [0.15, 0.2) is 0 Å². The molecule has 0 spiro atoms. The first kappa shape index (κ1) is 16.4. The number of nitrogens with one attached hydrogen (secondary N) is 1. The standard InChI is InChI=1S/C15H30N2O2/c1-11(2)16-14(15(18)19-5)8-9-17-10-12(3)6-7-13(17)4/h11-14,16H,6-10H2,1-5H3. The summed E-state index contributed by atoms with van der Waals surface area (Å²) in [6, 6.07) is 0.741. The third kappa shape index (κ3) is 5.49. The second-order valence-corrected chi connectivity index (χ2v) is 6.21. The predicted molar refractivity (Wildman–Crippen MR) is 78.1 cm³/mol. The monoisotopic (exact) mass is 270 g/mol. The van der Waals surface area contributed by atoms with Gasteiger partial charge in [0.05, 0.1) is 7.11 Å². The Hall–Kier alpha value is -0.610. The van der Waals surface area contributed by atoms with E-state index < -0.39 is 0 Å². The summed E-state index contributed by atoms with van der Waals surface area (Å²) in [7, 11) is 1.46. The van der Waals surface area contributed by atoms with Crippen LogP contribution in [0.15, 0.2) is 0 Å². The van der Waals surface area contributed by atoms with Gasteiger partial charge in [-0.15, -0.1) is 0 Å². The van der Waals surface area contributed by atoms with Crippen molar-refractivity contribution >= 4 is 5.97 Å². The lowest BCUT2D eigenvalue weighted by atomic mass is 9.94. The summed E-state index contributed by atoms with van der Waals surface area (Å²) in [5, 5.41) is 3.29. The van der Waals surface area contributed by atoms with Crippen LogP contribution in [0.5, 0.6) is 0 Å². The van der Waals surface area contributed by atoms with Crippen molar-refractivity contribution in [2.75, 3.05) is 20.2 Å². The summed E-state index contributed by atoms with van der Waals surface area (Å²) in [5.74, 6) is 0.622. The van der Waals surface area contributed by atoms with E-state index in [9.17, 15) is 4.79 Å². The first-order valence-corrected chi connectivity index (χ1v) is 7.52. The molecule has 0 aromatic heterocycles. The molecular formula is C15H30N2O2. The minimum absolute atomic E-state index is 0.147. The van der Waals surface area contributed by atoms with Crippen molar-refractivity contribution in [1.29, 1.82) is 0 Å². The normalized spacial score (nSPS) is 26.4. The van der Waals surface area contributed by atoms with Crippen LogP contribution in [0.3, 0.4) is 0 Å². The fourth-order valence-corrected chi connectivity index (χ4v) is 2.80. The smallest absolute Gasteiger partial charge is 0.322 e. The molecule has 0 amide bonds. The zero-order chi connectivity index (χ0) is 14.4. The highest BCUT2D eigenvalue weighted by atomic mass is 16.5. The van der Waals surface area contributed by atoms with Crippen LogP contribution in [-0.4, -0.2) is 49.2 Å². The lowest BCUT2D eigenvalue weighted by Gasteiger charge is -2.37. The number of rotatable bonds is 6. The number of piperidine rings is 1. The minimum atomic E-state index is -0.186. The van der Waals surface area contributed by atoms with Gasteiger partial charge in [-0.2, -0.15) is 0 Å². The Morgan fingerprint density at radius 3 is 2.63 bits per heavy atom. The van der Waals surface area contributed by atoms with Crippen LogP contribution in [-0.2, 0) is 9.53 Å². The van der Waals surface area contributed by atoms with Gasteiger partial charge in [-0.05, 0) is 32.1 Å². The van der Waals surface area contributed by atoms with Crippen LogP contribution in [0, 0.1) is 5.92 Å². The molecule has 1 N–H and O–H groups in total. The summed E-state index contributed by atoms with van der Waals surface area (Å²) < 4.78 is 4.88. The highest BCUT2D eigenvalue weighted by Gasteiger charge is 2.25. The fourth-order valence-electron chi connectivity index (χ4n) is 2.80. The van der Waals surface area contributed by atoms with Gasteiger partial charge in [0.1, 0.15) is 6.04 Å². The maximum absolute atomic E-state index is 11.8. The number of nitrogens with zero attached hydrogens (tertiary/aromatic N) is 1. The van der Waals surface area contributed by atoms with E-state index in [1.165, 1.54) is 20.0 Å². The molecule has 1 aliphatic heterocycles. The predicted octanol–water partition coefficient (Wildman–Crippen LogP) is 2.04. The van der Waals surface area contributed by atoms with Crippen molar-refractivity contribution in [2.45, 2.75) is 65.1 Å². The van der Waals surface area contributed by atoms with Crippen molar-refractivity contribution in [1.82, 2.24) is 10.2 Å². The molecule has 4 nitrogen and oxygen atoms in total. The molecule has 3 unspecified atom stereocenters. The van der Waals surface area contributed by atoms with Crippen molar-refractivity contribution < 1.29 is 9.53 Å². The summed E-state index contributed by atoms with van der Waals surface area (Å²) >= 11 is 0. The van der Waals surface area contributed by atoms with E-state index in [1.807, 2.05) is 0 Å². The van der Waals surface area contributed by atoms with Crippen LogP contribution in [0.25, 0.3) is 0 Å². The van der Waals surface area contributed by atoms with Crippen LogP contribution >= 0.6 is 0 Å². The zero-order valence-corrected chi connectivity index (χ0v) is 13.1. The summed E-state index contributed by atoms with van der Waals surface area (Å²) in [6.07, 6.45) is 3.41. The number of esters is 1. The van der Waals surface area contributed by atoms with Crippen molar-refractivity contribution in [3.05, 3.63) is 0 Å². The van der Waals surface area contributed by atoms with E-state index >= 15 is 0 Å². The first-order chi connectivity index (χ1) is 8.93. The quantitative estimate of drug-likeness (QED) is 0.750. The Bertz CT molecular complexity index is 281. The molecule has 112 valence electrons. The van der Waals surface area contributed by atoms with Crippen LogP contribution in [0.1, 0.15) is 47.0 Å². The van der Waals surface area contributed by atoms with Gasteiger partial charge in [-0.25, -0.2) is 0 Å². The van der Waals surface area contributed by atoms with Gasteiger partial charge >= 0.3 is 5.97 Å². The molecule has 1 aliphatic rings. The summed E-state index contributed by atoms with van der Waals surface area (Å²) in [4.78, 5) is 14.3. The molecule has 0 bridgehead atoms. The van der Waals surface area contributed by atoms with Gasteiger partial charge < -0.3 is 15.0 Å². The summed E-state index contributed by atoms with van der Waals surface area (Å²) in [5.41, 5.74) is 0. The fraction of sp³-hybridized carbons (Fsp3) is 0.933. The molecule has 1 saturated heterocycles. The maximum Gasteiger partial charge on any atom is 0.322 e. The minimum Gasteiger partial charge on any atom is -0.468 e. The molecule has 0 aromatic rings. The van der Waals surface area contributed by atoms with Gasteiger partial charge in [-0.1, -0.05) is 20.8 Å². The van der Waals surface area contributed by atoms with E-state index in [1.54, 1.807) is 0 Å². The van der Waals surface area contributed by atoms with Crippen molar-refractivity contribution in [3.63, 3.8) is 0 Å². The second kappa shape index (κ2) is 7.85. The summed E-state index contributed by atoms with van der Waals surface area (Å²) in [6.45, 7) is 10.8. The molecular weight excluding hydrogens is 240 g/mol. The Labute approximate surface area is 117 Å². The SMILES string of the molecule is COC(=O)C(CCN1CC(C)CCC1C)NC(C)C. The Balaban J connectivity index is 2.47. The highest BCUT2D eigenvalue weighted by Crippen LogP contribution is 2.21.